The Bertz CT molecular complexity index is 709. The summed E-state index contributed by atoms with van der Waals surface area (Å²) in [5.41, 5.74) is 0.204. The van der Waals surface area contributed by atoms with Crippen LogP contribution in [0.5, 0.6) is 0 Å². The van der Waals surface area contributed by atoms with Crippen LogP contribution < -0.4 is 5.32 Å². The number of amides is 1. The zero-order valence-electron chi connectivity index (χ0n) is 14.5. The number of benzene rings is 1. The minimum atomic E-state index is -3.51. The van der Waals surface area contributed by atoms with Gasteiger partial charge in [-0.15, -0.1) is 0 Å². The zero-order chi connectivity index (χ0) is 18.4. The van der Waals surface area contributed by atoms with E-state index in [2.05, 4.69) is 5.32 Å². The maximum absolute atomic E-state index is 12.4. The first kappa shape index (κ1) is 19.4. The van der Waals surface area contributed by atoms with Crippen LogP contribution in [0.25, 0.3) is 0 Å². The van der Waals surface area contributed by atoms with Gasteiger partial charge < -0.3 is 10.1 Å². The minimum absolute atomic E-state index is 0.152. The molecule has 1 unspecified atom stereocenters. The summed E-state index contributed by atoms with van der Waals surface area (Å²) in [5, 5.41) is 2.65. The number of carbonyl (C=O) groups excluding carboxylic acids is 2. The molecule has 1 N–H and O–H groups in total. The van der Waals surface area contributed by atoms with Crippen molar-refractivity contribution in [3.63, 3.8) is 0 Å². The van der Waals surface area contributed by atoms with Crippen molar-refractivity contribution in [2.75, 3.05) is 19.6 Å². The van der Waals surface area contributed by atoms with Gasteiger partial charge in [0.2, 0.25) is 10.0 Å². The summed E-state index contributed by atoms with van der Waals surface area (Å²) < 4.78 is 31.4. The lowest BCUT2D eigenvalue weighted by Crippen LogP contribution is -2.36. The van der Waals surface area contributed by atoms with Crippen molar-refractivity contribution in [2.45, 2.75) is 44.1 Å². The maximum Gasteiger partial charge on any atom is 0.338 e. The van der Waals surface area contributed by atoms with Gasteiger partial charge in [-0.05, 0) is 50.5 Å². The molecule has 1 saturated heterocycles. The fraction of sp³-hybridized carbons (Fsp3) is 0.529. The van der Waals surface area contributed by atoms with E-state index in [4.69, 9.17) is 4.74 Å². The molecule has 138 valence electrons. The Morgan fingerprint density at radius 2 is 1.80 bits per heavy atom. The first-order valence-electron chi connectivity index (χ1n) is 8.45. The van der Waals surface area contributed by atoms with Gasteiger partial charge in [0.25, 0.3) is 5.91 Å². The monoisotopic (exact) mass is 368 g/mol. The number of carbonyl (C=O) groups is 2. The lowest BCUT2D eigenvalue weighted by atomic mass is 10.2. The molecule has 2 rings (SSSR count). The SMILES string of the molecule is CCCNC(=O)C(C)OC(=O)c1ccc(S(=O)(=O)N2CCCC2)cc1. The van der Waals surface area contributed by atoms with Crippen molar-refractivity contribution in [2.24, 2.45) is 0 Å². The number of hydrogen-bond acceptors (Lipinski definition) is 5. The molecule has 0 aromatic heterocycles. The predicted octanol–water partition coefficient (Wildman–Crippen LogP) is 1.54. The summed E-state index contributed by atoms with van der Waals surface area (Å²) in [6.07, 6.45) is 1.61. The van der Waals surface area contributed by atoms with Gasteiger partial charge in [-0.1, -0.05) is 6.92 Å². The molecule has 1 heterocycles. The Balaban J connectivity index is 2.01. The smallest absolute Gasteiger partial charge is 0.338 e. The Morgan fingerprint density at radius 3 is 2.36 bits per heavy atom. The van der Waals surface area contributed by atoms with E-state index in [1.165, 1.54) is 35.5 Å². The number of sulfonamides is 1. The second-order valence-electron chi connectivity index (χ2n) is 5.97. The molecule has 1 amide bonds. The molecule has 1 aromatic rings. The minimum Gasteiger partial charge on any atom is -0.449 e. The van der Waals surface area contributed by atoms with Crippen LogP contribution in [0.2, 0.25) is 0 Å². The van der Waals surface area contributed by atoms with Crippen LogP contribution in [0.1, 0.15) is 43.5 Å². The quantitative estimate of drug-likeness (QED) is 0.737. The largest absolute Gasteiger partial charge is 0.449 e. The van der Waals surface area contributed by atoms with Gasteiger partial charge in [0.05, 0.1) is 10.5 Å². The van der Waals surface area contributed by atoms with Crippen molar-refractivity contribution in [3.8, 4) is 0 Å². The predicted molar refractivity (Wildman–Crippen MR) is 92.6 cm³/mol. The standard InChI is InChI=1S/C17H24N2O5S/c1-3-10-18-16(20)13(2)24-17(21)14-6-8-15(9-7-14)25(22,23)19-11-4-5-12-19/h6-9,13H,3-5,10-12H2,1-2H3,(H,18,20). The first-order valence-corrected chi connectivity index (χ1v) is 9.89. The van der Waals surface area contributed by atoms with Crippen molar-refractivity contribution in [1.82, 2.24) is 9.62 Å². The summed E-state index contributed by atoms with van der Waals surface area (Å²) in [6.45, 7) is 4.99. The third-order valence-electron chi connectivity index (χ3n) is 4.00. The molecule has 0 radical (unpaired) electrons. The zero-order valence-corrected chi connectivity index (χ0v) is 15.3. The van der Waals surface area contributed by atoms with E-state index < -0.39 is 22.1 Å². The first-order chi connectivity index (χ1) is 11.9. The number of nitrogens with zero attached hydrogens (tertiary/aromatic N) is 1. The average Bonchev–Trinajstić information content (AvgIpc) is 3.15. The molecule has 1 atom stereocenters. The molecule has 0 saturated carbocycles. The molecule has 8 heteroatoms. The number of esters is 1. The molecule has 0 spiro atoms. The number of rotatable bonds is 7. The Kier molecular flexibility index (Phi) is 6.55. The molecule has 1 aliphatic rings. The summed E-state index contributed by atoms with van der Waals surface area (Å²) in [5.74, 6) is -1.02. The van der Waals surface area contributed by atoms with E-state index in [1.54, 1.807) is 0 Å². The van der Waals surface area contributed by atoms with Crippen molar-refractivity contribution >= 4 is 21.9 Å². The van der Waals surface area contributed by atoms with E-state index in [1.807, 2.05) is 6.92 Å². The molecular weight excluding hydrogens is 344 g/mol. The summed E-state index contributed by atoms with van der Waals surface area (Å²) in [7, 11) is -3.51. The Morgan fingerprint density at radius 1 is 1.20 bits per heavy atom. The second kappa shape index (κ2) is 8.44. The van der Waals surface area contributed by atoms with Gasteiger partial charge >= 0.3 is 5.97 Å². The summed E-state index contributed by atoms with van der Waals surface area (Å²) >= 11 is 0. The average molecular weight is 368 g/mol. The highest BCUT2D eigenvalue weighted by Crippen LogP contribution is 2.21. The van der Waals surface area contributed by atoms with Gasteiger partial charge in [0.15, 0.2) is 6.10 Å². The summed E-state index contributed by atoms with van der Waals surface area (Å²) in [4.78, 5) is 24.0. The maximum atomic E-state index is 12.4. The van der Waals surface area contributed by atoms with Crippen LogP contribution in [-0.4, -0.2) is 50.3 Å². The number of nitrogens with one attached hydrogen (secondary N) is 1. The molecule has 25 heavy (non-hydrogen) atoms. The van der Waals surface area contributed by atoms with Crippen LogP contribution in [0, 0.1) is 0 Å². The van der Waals surface area contributed by atoms with E-state index in [-0.39, 0.29) is 16.4 Å². The third-order valence-corrected chi connectivity index (χ3v) is 5.91. The lowest BCUT2D eigenvalue weighted by Gasteiger charge is -2.16. The lowest BCUT2D eigenvalue weighted by molar-refractivity contribution is -0.129. The van der Waals surface area contributed by atoms with Crippen molar-refractivity contribution in [3.05, 3.63) is 29.8 Å². The molecule has 1 aliphatic heterocycles. The van der Waals surface area contributed by atoms with Crippen molar-refractivity contribution in [1.29, 1.82) is 0 Å². The molecule has 1 aromatic carbocycles. The van der Waals surface area contributed by atoms with E-state index in [9.17, 15) is 18.0 Å². The van der Waals surface area contributed by atoms with Gasteiger partial charge in [-0.2, -0.15) is 4.31 Å². The van der Waals surface area contributed by atoms with E-state index in [0.29, 0.717) is 19.6 Å². The van der Waals surface area contributed by atoms with Crippen LogP contribution in [0.15, 0.2) is 29.2 Å². The molecular formula is C17H24N2O5S. The highest BCUT2D eigenvalue weighted by atomic mass is 32.2. The fourth-order valence-corrected chi connectivity index (χ4v) is 4.03. The molecule has 0 bridgehead atoms. The van der Waals surface area contributed by atoms with Crippen LogP contribution >= 0.6 is 0 Å². The normalized spacial score (nSPS) is 16.4. The van der Waals surface area contributed by atoms with Gasteiger partial charge in [0.1, 0.15) is 0 Å². The second-order valence-corrected chi connectivity index (χ2v) is 7.91. The highest BCUT2D eigenvalue weighted by molar-refractivity contribution is 7.89. The Labute approximate surface area is 148 Å². The van der Waals surface area contributed by atoms with Gasteiger partial charge in [0, 0.05) is 19.6 Å². The van der Waals surface area contributed by atoms with Gasteiger partial charge in [-0.3, -0.25) is 4.79 Å². The Hall–Kier alpha value is -1.93. The van der Waals surface area contributed by atoms with Crippen LogP contribution in [-0.2, 0) is 19.6 Å². The molecule has 0 aliphatic carbocycles. The van der Waals surface area contributed by atoms with E-state index >= 15 is 0 Å². The third kappa shape index (κ3) is 4.79. The highest BCUT2D eigenvalue weighted by Gasteiger charge is 2.27. The van der Waals surface area contributed by atoms with Crippen LogP contribution in [0.4, 0.5) is 0 Å². The van der Waals surface area contributed by atoms with E-state index in [0.717, 1.165) is 19.3 Å². The summed E-state index contributed by atoms with van der Waals surface area (Å²) in [6, 6.07) is 5.60. The number of hydrogen-bond donors (Lipinski definition) is 1. The van der Waals surface area contributed by atoms with Gasteiger partial charge in [-0.25, -0.2) is 13.2 Å². The molecule has 7 nitrogen and oxygen atoms in total. The molecule has 1 fully saturated rings. The topological polar surface area (TPSA) is 92.8 Å². The number of ether oxygens (including phenoxy) is 1. The van der Waals surface area contributed by atoms with Crippen molar-refractivity contribution < 1.29 is 22.7 Å². The van der Waals surface area contributed by atoms with Crippen LogP contribution in [0.3, 0.4) is 0 Å². The fourth-order valence-electron chi connectivity index (χ4n) is 2.51.